The Kier molecular flexibility index (Phi) is 4.36. The van der Waals surface area contributed by atoms with Gasteiger partial charge >= 0.3 is 6.18 Å². The normalized spacial score (nSPS) is 11.5. The maximum Gasteiger partial charge on any atom is 0.406 e. The summed E-state index contributed by atoms with van der Waals surface area (Å²) in [5, 5.41) is 4.07. The number of halogens is 4. The summed E-state index contributed by atoms with van der Waals surface area (Å²) in [4.78, 5) is 12.5. The van der Waals surface area contributed by atoms with Gasteiger partial charge in [-0.2, -0.15) is 18.3 Å². The first kappa shape index (κ1) is 15.6. The summed E-state index contributed by atoms with van der Waals surface area (Å²) in [5.41, 5.74) is 0.896. The number of amides is 1. The zero-order valence-electron chi connectivity index (χ0n) is 10.9. The molecule has 0 bridgehead atoms. The lowest BCUT2D eigenvalue weighted by Crippen LogP contribution is -2.35. The summed E-state index contributed by atoms with van der Waals surface area (Å²) in [5.74, 6) is -0.680. The predicted molar refractivity (Wildman–Crippen MR) is 74.3 cm³/mol. The fourth-order valence-corrected chi connectivity index (χ4v) is 2.05. The Morgan fingerprint density at radius 3 is 2.43 bits per heavy atom. The van der Waals surface area contributed by atoms with Crippen LogP contribution in [0.5, 0.6) is 0 Å². The Labute approximate surface area is 127 Å². The summed E-state index contributed by atoms with van der Waals surface area (Å²) in [6, 6.07) is 6.18. The van der Waals surface area contributed by atoms with Crippen LogP contribution in [0.4, 0.5) is 13.2 Å². The van der Waals surface area contributed by atoms with Crippen molar-refractivity contribution in [2.45, 2.75) is 6.18 Å². The Bertz CT molecular complexity index is 637. The lowest BCUT2D eigenvalue weighted by Gasteiger charge is -2.19. The number of rotatable bonds is 3. The van der Waals surface area contributed by atoms with E-state index in [0.29, 0.717) is 10.6 Å². The number of carbonyl (C=O) groups excluding carboxylic acids is 1. The van der Waals surface area contributed by atoms with Gasteiger partial charge in [0.2, 0.25) is 0 Å². The van der Waals surface area contributed by atoms with E-state index in [1.54, 1.807) is 29.2 Å². The number of hydrogen-bond donors (Lipinski definition) is 0. The van der Waals surface area contributed by atoms with Gasteiger partial charge in [-0.25, -0.2) is 4.68 Å². The molecule has 0 atom stereocenters. The molecule has 0 saturated carbocycles. The molecule has 1 aromatic heterocycles. The van der Waals surface area contributed by atoms with Crippen molar-refractivity contribution in [2.24, 2.45) is 0 Å². The molecule has 0 aliphatic rings. The third kappa shape index (κ3) is 4.07. The largest absolute Gasteiger partial charge is 0.406 e. The Morgan fingerprint density at radius 2 is 1.95 bits per heavy atom. The highest BCUT2D eigenvalue weighted by molar-refractivity contribution is 9.10. The minimum Gasteiger partial charge on any atom is -0.333 e. The summed E-state index contributed by atoms with van der Waals surface area (Å²) in [6.45, 7) is -1.28. The second-order valence-corrected chi connectivity index (χ2v) is 5.34. The first-order valence-electron chi connectivity index (χ1n) is 5.89. The van der Waals surface area contributed by atoms with Gasteiger partial charge in [0.1, 0.15) is 6.54 Å². The quantitative estimate of drug-likeness (QED) is 0.841. The van der Waals surface area contributed by atoms with Crippen LogP contribution in [0.2, 0.25) is 0 Å². The molecule has 2 aromatic rings. The van der Waals surface area contributed by atoms with Crippen molar-refractivity contribution < 1.29 is 18.0 Å². The molecule has 0 radical (unpaired) electrons. The van der Waals surface area contributed by atoms with Crippen LogP contribution < -0.4 is 0 Å². The van der Waals surface area contributed by atoms with Crippen LogP contribution >= 0.6 is 15.9 Å². The third-order valence-corrected chi connectivity index (χ3v) is 3.10. The Balaban J connectivity index is 2.13. The first-order chi connectivity index (χ1) is 9.76. The monoisotopic (exact) mass is 361 g/mol. The second-order valence-electron chi connectivity index (χ2n) is 4.43. The average molecular weight is 362 g/mol. The molecular weight excluding hydrogens is 351 g/mol. The van der Waals surface area contributed by atoms with Crippen molar-refractivity contribution in [1.29, 1.82) is 0 Å². The van der Waals surface area contributed by atoms with Crippen LogP contribution in [0.25, 0.3) is 5.69 Å². The first-order valence-corrected chi connectivity index (χ1v) is 6.68. The average Bonchev–Trinajstić information content (AvgIpc) is 2.83. The topological polar surface area (TPSA) is 38.1 Å². The molecule has 0 aliphatic carbocycles. The predicted octanol–water partition coefficient (Wildman–Crippen LogP) is 3.27. The van der Waals surface area contributed by atoms with E-state index < -0.39 is 18.6 Å². The van der Waals surface area contributed by atoms with Gasteiger partial charge in [0.15, 0.2) is 0 Å². The molecule has 0 saturated heterocycles. The molecule has 0 aliphatic heterocycles. The highest BCUT2D eigenvalue weighted by atomic mass is 79.9. The highest BCUT2D eigenvalue weighted by Crippen LogP contribution is 2.18. The van der Waals surface area contributed by atoms with Gasteiger partial charge in [0.05, 0.1) is 16.4 Å². The molecule has 1 heterocycles. The number of nitrogens with zero attached hydrogens (tertiary/aromatic N) is 3. The maximum atomic E-state index is 12.3. The SMILES string of the molecule is CN(CC(F)(F)F)C(=O)c1ccc(-n2cc(Br)cn2)cc1. The molecule has 2 rings (SSSR count). The number of benzene rings is 1. The van der Waals surface area contributed by atoms with E-state index in [0.717, 1.165) is 11.5 Å². The van der Waals surface area contributed by atoms with Crippen molar-refractivity contribution in [3.63, 3.8) is 0 Å². The van der Waals surface area contributed by atoms with Gasteiger partial charge in [-0.15, -0.1) is 0 Å². The molecule has 1 amide bonds. The zero-order chi connectivity index (χ0) is 15.6. The van der Waals surface area contributed by atoms with E-state index in [1.807, 2.05) is 0 Å². The van der Waals surface area contributed by atoms with E-state index >= 15 is 0 Å². The Morgan fingerprint density at radius 1 is 1.33 bits per heavy atom. The molecule has 0 N–H and O–H groups in total. The van der Waals surface area contributed by atoms with E-state index in [4.69, 9.17) is 0 Å². The fraction of sp³-hybridized carbons (Fsp3) is 0.231. The molecule has 8 heteroatoms. The van der Waals surface area contributed by atoms with E-state index in [9.17, 15) is 18.0 Å². The Hall–Kier alpha value is -1.83. The molecule has 0 unspecified atom stereocenters. The molecule has 4 nitrogen and oxygen atoms in total. The number of aromatic nitrogens is 2. The maximum absolute atomic E-state index is 12.3. The van der Waals surface area contributed by atoms with Crippen LogP contribution in [-0.2, 0) is 0 Å². The van der Waals surface area contributed by atoms with Crippen molar-refractivity contribution in [1.82, 2.24) is 14.7 Å². The van der Waals surface area contributed by atoms with Gasteiger partial charge in [-0.1, -0.05) is 0 Å². The third-order valence-electron chi connectivity index (χ3n) is 2.69. The van der Waals surface area contributed by atoms with E-state index in [1.165, 1.54) is 12.1 Å². The standard InChI is InChI=1S/C13H11BrF3N3O/c1-19(8-13(15,16)17)12(21)9-2-4-11(5-3-9)20-7-10(14)6-18-20/h2-7H,8H2,1H3. The van der Waals surface area contributed by atoms with E-state index in [-0.39, 0.29) is 5.56 Å². The molecule has 1 aromatic carbocycles. The summed E-state index contributed by atoms with van der Waals surface area (Å²) < 4.78 is 39.2. The highest BCUT2D eigenvalue weighted by Gasteiger charge is 2.31. The van der Waals surface area contributed by atoms with Crippen LogP contribution in [0.15, 0.2) is 41.1 Å². The smallest absolute Gasteiger partial charge is 0.333 e. The van der Waals surface area contributed by atoms with Crippen LogP contribution in [0.1, 0.15) is 10.4 Å². The molecule has 0 fully saturated rings. The summed E-state index contributed by atoms with van der Waals surface area (Å²) in [7, 11) is 1.12. The minimum atomic E-state index is -4.41. The van der Waals surface area contributed by atoms with Gasteiger partial charge in [-0.3, -0.25) is 4.79 Å². The number of carbonyl (C=O) groups is 1. The van der Waals surface area contributed by atoms with Gasteiger partial charge in [0, 0.05) is 18.8 Å². The minimum absolute atomic E-state index is 0.191. The summed E-state index contributed by atoms with van der Waals surface area (Å²) in [6.07, 6.45) is -1.07. The lowest BCUT2D eigenvalue weighted by molar-refractivity contribution is -0.138. The molecule has 0 spiro atoms. The molecule has 21 heavy (non-hydrogen) atoms. The van der Waals surface area contributed by atoms with Crippen molar-refractivity contribution in [3.05, 3.63) is 46.7 Å². The van der Waals surface area contributed by atoms with Gasteiger partial charge in [-0.05, 0) is 40.2 Å². The van der Waals surface area contributed by atoms with Crippen LogP contribution in [0.3, 0.4) is 0 Å². The van der Waals surface area contributed by atoms with E-state index in [2.05, 4.69) is 21.0 Å². The van der Waals surface area contributed by atoms with Crippen LogP contribution in [-0.4, -0.2) is 40.4 Å². The van der Waals surface area contributed by atoms with Crippen molar-refractivity contribution >= 4 is 21.8 Å². The summed E-state index contributed by atoms with van der Waals surface area (Å²) >= 11 is 3.26. The van der Waals surface area contributed by atoms with Crippen molar-refractivity contribution in [3.8, 4) is 5.69 Å². The number of hydrogen-bond acceptors (Lipinski definition) is 2. The van der Waals surface area contributed by atoms with Gasteiger partial charge < -0.3 is 4.90 Å². The lowest BCUT2D eigenvalue weighted by atomic mass is 10.2. The molecule has 112 valence electrons. The van der Waals surface area contributed by atoms with Gasteiger partial charge in [0.25, 0.3) is 5.91 Å². The van der Waals surface area contributed by atoms with Crippen molar-refractivity contribution in [2.75, 3.05) is 13.6 Å². The second kappa shape index (κ2) is 5.88. The zero-order valence-corrected chi connectivity index (χ0v) is 12.5. The number of alkyl halides is 3. The van der Waals surface area contributed by atoms with Crippen LogP contribution in [0, 0.1) is 0 Å². The molecular formula is C13H11BrF3N3O. The fourth-order valence-electron chi connectivity index (χ4n) is 1.76.